The largest absolute Gasteiger partial charge is 0.466 e. The van der Waals surface area contributed by atoms with Crippen LogP contribution in [-0.2, 0) is 16.0 Å². The lowest BCUT2D eigenvalue weighted by Crippen LogP contribution is -2.09. The molecule has 0 fully saturated rings. The molecule has 5 heteroatoms. The van der Waals surface area contributed by atoms with Gasteiger partial charge in [0.25, 0.3) is 0 Å². The monoisotopic (exact) mass is 260 g/mol. The smallest absolute Gasteiger partial charge is 0.310 e. The molecule has 0 saturated carbocycles. The molecule has 0 atom stereocenters. The maximum absolute atomic E-state index is 11.3. The van der Waals surface area contributed by atoms with Crippen molar-refractivity contribution in [1.82, 2.24) is 0 Å². The Hall–Kier alpha value is -1.06. The Balaban J connectivity index is 3.02. The number of halogens is 2. The Morgan fingerprint density at radius 1 is 1.44 bits per heavy atom. The highest BCUT2D eigenvalue weighted by atomic mass is 35.5. The first-order chi connectivity index (χ1) is 7.58. The first-order valence-corrected chi connectivity index (χ1v) is 5.42. The van der Waals surface area contributed by atoms with Crippen LogP contribution < -0.4 is 0 Å². The number of hydrogen-bond donors (Lipinski definition) is 0. The van der Waals surface area contributed by atoms with Crippen molar-refractivity contribution in [1.29, 1.82) is 0 Å². The molecular weight excluding hydrogens is 251 g/mol. The van der Waals surface area contributed by atoms with E-state index < -0.39 is 5.97 Å². The fourth-order valence-electron chi connectivity index (χ4n) is 1.28. The van der Waals surface area contributed by atoms with Gasteiger partial charge < -0.3 is 4.74 Å². The Kier molecular flexibility index (Phi) is 4.77. The van der Waals surface area contributed by atoms with Gasteiger partial charge in [0.2, 0.25) is 0 Å². The Labute approximate surface area is 103 Å². The van der Waals surface area contributed by atoms with Crippen LogP contribution in [0.3, 0.4) is 0 Å². The molecule has 3 nitrogen and oxygen atoms in total. The lowest BCUT2D eigenvalue weighted by atomic mass is 10.1. The zero-order valence-electron chi connectivity index (χ0n) is 8.63. The van der Waals surface area contributed by atoms with E-state index >= 15 is 0 Å². The van der Waals surface area contributed by atoms with E-state index in [2.05, 4.69) is 0 Å². The summed E-state index contributed by atoms with van der Waals surface area (Å²) in [5.74, 6) is -0.413. The van der Waals surface area contributed by atoms with Crippen LogP contribution in [0.25, 0.3) is 0 Å². The summed E-state index contributed by atoms with van der Waals surface area (Å²) < 4.78 is 4.78. The van der Waals surface area contributed by atoms with Crippen LogP contribution in [0, 0.1) is 0 Å². The van der Waals surface area contributed by atoms with Gasteiger partial charge in [0.05, 0.1) is 18.1 Å². The molecule has 16 heavy (non-hydrogen) atoms. The molecule has 1 rings (SSSR count). The fourth-order valence-corrected chi connectivity index (χ4v) is 1.86. The van der Waals surface area contributed by atoms with E-state index in [0.717, 1.165) is 0 Å². The summed E-state index contributed by atoms with van der Waals surface area (Å²) in [6.45, 7) is 2.01. The predicted molar refractivity (Wildman–Crippen MR) is 62.2 cm³/mol. The van der Waals surface area contributed by atoms with E-state index in [4.69, 9.17) is 27.9 Å². The number of aldehydes is 1. The molecular formula is C11H10Cl2O3. The van der Waals surface area contributed by atoms with Gasteiger partial charge >= 0.3 is 5.97 Å². The summed E-state index contributed by atoms with van der Waals surface area (Å²) in [5, 5.41) is 0.622. The zero-order valence-corrected chi connectivity index (χ0v) is 10.1. The van der Waals surface area contributed by atoms with Gasteiger partial charge in [-0.3, -0.25) is 9.59 Å². The van der Waals surface area contributed by atoms with Gasteiger partial charge in [-0.2, -0.15) is 0 Å². The van der Waals surface area contributed by atoms with Crippen molar-refractivity contribution in [3.8, 4) is 0 Å². The van der Waals surface area contributed by atoms with Crippen LogP contribution in [0.5, 0.6) is 0 Å². The molecule has 0 amide bonds. The molecule has 1 aromatic carbocycles. The lowest BCUT2D eigenvalue weighted by Gasteiger charge is -2.07. The minimum atomic E-state index is -0.413. The highest BCUT2D eigenvalue weighted by molar-refractivity contribution is 6.36. The van der Waals surface area contributed by atoms with E-state index in [1.807, 2.05) is 0 Å². The van der Waals surface area contributed by atoms with Crippen LogP contribution in [0.15, 0.2) is 12.1 Å². The molecule has 1 aromatic rings. The molecule has 0 aliphatic rings. The number of carbonyl (C=O) groups excluding carboxylic acids is 2. The minimum absolute atomic E-state index is 0.0117. The van der Waals surface area contributed by atoms with Gasteiger partial charge in [0.1, 0.15) is 0 Å². The van der Waals surface area contributed by atoms with Crippen LogP contribution in [0.1, 0.15) is 22.8 Å². The summed E-state index contributed by atoms with van der Waals surface area (Å²) in [4.78, 5) is 22.1. The fraction of sp³-hybridized carbons (Fsp3) is 0.273. The average Bonchev–Trinajstić information content (AvgIpc) is 2.17. The van der Waals surface area contributed by atoms with Crippen LogP contribution in [0.2, 0.25) is 10.0 Å². The second-order valence-corrected chi connectivity index (χ2v) is 3.90. The molecule has 0 bridgehead atoms. The third-order valence-corrected chi connectivity index (χ3v) is 2.47. The highest BCUT2D eigenvalue weighted by Gasteiger charge is 2.12. The third-order valence-electron chi connectivity index (χ3n) is 1.94. The summed E-state index contributed by atoms with van der Waals surface area (Å²) in [7, 11) is 0. The van der Waals surface area contributed by atoms with E-state index in [-0.39, 0.29) is 17.0 Å². The van der Waals surface area contributed by atoms with Crippen molar-refractivity contribution < 1.29 is 14.3 Å². The van der Waals surface area contributed by atoms with Crippen molar-refractivity contribution in [3.63, 3.8) is 0 Å². The van der Waals surface area contributed by atoms with Crippen molar-refractivity contribution in [2.75, 3.05) is 6.61 Å². The Morgan fingerprint density at radius 3 is 2.69 bits per heavy atom. The molecule has 0 aliphatic heterocycles. The van der Waals surface area contributed by atoms with Gasteiger partial charge in [-0.25, -0.2) is 0 Å². The average molecular weight is 261 g/mol. The van der Waals surface area contributed by atoms with Gasteiger partial charge in [-0.1, -0.05) is 23.2 Å². The molecule has 0 aromatic heterocycles. The SMILES string of the molecule is CCOC(=O)Cc1cc(Cl)cc(Cl)c1C=O. The Bertz CT molecular complexity index is 416. The predicted octanol–water partition coefficient (Wildman–Crippen LogP) is 2.91. The molecule has 0 heterocycles. The number of rotatable bonds is 4. The van der Waals surface area contributed by atoms with Gasteiger partial charge in [-0.15, -0.1) is 0 Å². The van der Waals surface area contributed by atoms with Gasteiger partial charge in [0.15, 0.2) is 6.29 Å². The van der Waals surface area contributed by atoms with E-state index in [1.54, 1.807) is 6.92 Å². The molecule has 0 aliphatic carbocycles. The Morgan fingerprint density at radius 2 is 2.12 bits per heavy atom. The van der Waals surface area contributed by atoms with E-state index in [9.17, 15) is 9.59 Å². The number of carbonyl (C=O) groups is 2. The first kappa shape index (κ1) is 13.0. The number of hydrogen-bond acceptors (Lipinski definition) is 3. The van der Waals surface area contributed by atoms with Crippen LogP contribution >= 0.6 is 23.2 Å². The van der Waals surface area contributed by atoms with Crippen LogP contribution in [0.4, 0.5) is 0 Å². The van der Waals surface area contributed by atoms with Gasteiger partial charge in [0, 0.05) is 10.6 Å². The zero-order chi connectivity index (χ0) is 12.1. The molecule has 0 spiro atoms. The third kappa shape index (κ3) is 3.22. The quantitative estimate of drug-likeness (QED) is 0.618. The van der Waals surface area contributed by atoms with Crippen molar-refractivity contribution >= 4 is 35.5 Å². The summed E-state index contributed by atoms with van der Waals surface area (Å²) >= 11 is 11.6. The van der Waals surface area contributed by atoms with Gasteiger partial charge in [-0.05, 0) is 24.6 Å². The van der Waals surface area contributed by atoms with E-state index in [0.29, 0.717) is 23.5 Å². The van der Waals surface area contributed by atoms with Crippen molar-refractivity contribution in [2.24, 2.45) is 0 Å². The molecule has 0 N–H and O–H groups in total. The molecule has 0 radical (unpaired) electrons. The standard InChI is InChI=1S/C11H10Cl2O3/c1-2-16-11(15)4-7-3-8(12)5-10(13)9(7)6-14/h3,5-6H,2,4H2,1H3. The topological polar surface area (TPSA) is 43.4 Å². The first-order valence-electron chi connectivity index (χ1n) is 4.67. The van der Waals surface area contributed by atoms with Crippen molar-refractivity contribution in [3.05, 3.63) is 33.3 Å². The van der Waals surface area contributed by atoms with Crippen molar-refractivity contribution in [2.45, 2.75) is 13.3 Å². The maximum atomic E-state index is 11.3. The highest BCUT2D eigenvalue weighted by Crippen LogP contribution is 2.24. The lowest BCUT2D eigenvalue weighted by molar-refractivity contribution is -0.142. The molecule has 0 unspecified atom stereocenters. The summed E-state index contributed by atoms with van der Waals surface area (Å²) in [6, 6.07) is 3.00. The number of benzene rings is 1. The minimum Gasteiger partial charge on any atom is -0.466 e. The van der Waals surface area contributed by atoms with E-state index in [1.165, 1.54) is 12.1 Å². The summed E-state index contributed by atoms with van der Waals surface area (Å²) in [6.07, 6.45) is 0.593. The summed E-state index contributed by atoms with van der Waals surface area (Å²) in [5.41, 5.74) is 0.755. The number of esters is 1. The maximum Gasteiger partial charge on any atom is 0.310 e. The number of ether oxygens (including phenoxy) is 1. The normalized spacial score (nSPS) is 9.94. The molecule has 86 valence electrons. The second kappa shape index (κ2) is 5.87. The second-order valence-electron chi connectivity index (χ2n) is 3.06. The molecule has 0 saturated heterocycles. The van der Waals surface area contributed by atoms with Crippen LogP contribution in [-0.4, -0.2) is 18.9 Å².